The van der Waals surface area contributed by atoms with Crippen LogP contribution in [0.15, 0.2) is 60.2 Å². The SMILES string of the molecule is C=C/C(=C\C)Sn1cc2c(n1)CN(C(=O)CCO)C2.CCc1ccccc1. The third-order valence-electron chi connectivity index (χ3n) is 4.17. The molecule has 2 aromatic rings. The van der Waals surface area contributed by atoms with Gasteiger partial charge in [0.25, 0.3) is 0 Å². The lowest BCUT2D eigenvalue weighted by Crippen LogP contribution is -2.26. The van der Waals surface area contributed by atoms with Crippen LogP contribution in [0.2, 0.25) is 0 Å². The van der Waals surface area contributed by atoms with Crippen molar-refractivity contribution in [3.63, 3.8) is 0 Å². The van der Waals surface area contributed by atoms with E-state index in [0.717, 1.165) is 22.6 Å². The number of fused-ring (bicyclic) bond motifs is 1. The third kappa shape index (κ3) is 6.12. The molecular formula is C21H27N3O2S. The van der Waals surface area contributed by atoms with Crippen LogP contribution in [0, 0.1) is 0 Å². The molecule has 144 valence electrons. The van der Waals surface area contributed by atoms with Gasteiger partial charge in [0.15, 0.2) is 0 Å². The Bertz CT molecular complexity index is 760. The lowest BCUT2D eigenvalue weighted by atomic mass is 10.2. The second-order valence-corrected chi connectivity index (χ2v) is 7.08. The first kappa shape index (κ1) is 21.0. The van der Waals surface area contributed by atoms with Gasteiger partial charge in [0.1, 0.15) is 0 Å². The van der Waals surface area contributed by atoms with Crippen LogP contribution >= 0.6 is 11.9 Å². The van der Waals surface area contributed by atoms with Gasteiger partial charge in [-0.25, -0.2) is 4.09 Å². The highest BCUT2D eigenvalue weighted by atomic mass is 32.2. The average Bonchev–Trinajstić information content (AvgIpc) is 3.26. The van der Waals surface area contributed by atoms with E-state index in [0.29, 0.717) is 13.1 Å². The predicted molar refractivity (Wildman–Crippen MR) is 111 cm³/mol. The Hall–Kier alpha value is -2.31. The number of hydrogen-bond acceptors (Lipinski definition) is 4. The molecule has 0 saturated heterocycles. The summed E-state index contributed by atoms with van der Waals surface area (Å²) < 4.78 is 1.80. The van der Waals surface area contributed by atoms with E-state index < -0.39 is 0 Å². The van der Waals surface area contributed by atoms with Crippen LogP contribution in [0.1, 0.15) is 37.1 Å². The van der Waals surface area contributed by atoms with Crippen molar-refractivity contribution >= 4 is 17.9 Å². The van der Waals surface area contributed by atoms with Crippen LogP contribution in [0.25, 0.3) is 0 Å². The summed E-state index contributed by atoms with van der Waals surface area (Å²) in [6.45, 7) is 8.86. The van der Waals surface area contributed by atoms with E-state index >= 15 is 0 Å². The Kier molecular flexibility index (Phi) is 8.36. The normalized spacial score (nSPS) is 13.0. The topological polar surface area (TPSA) is 58.4 Å². The smallest absolute Gasteiger partial charge is 0.225 e. The van der Waals surface area contributed by atoms with Gasteiger partial charge in [-0.1, -0.05) is 56.0 Å². The zero-order chi connectivity index (χ0) is 19.6. The number of carbonyl (C=O) groups excluding carboxylic acids is 1. The fourth-order valence-electron chi connectivity index (χ4n) is 2.63. The summed E-state index contributed by atoms with van der Waals surface area (Å²) in [5.74, 6) is -0.0278. The molecule has 2 heterocycles. The molecule has 27 heavy (non-hydrogen) atoms. The van der Waals surface area contributed by atoms with Gasteiger partial charge in [-0.2, -0.15) is 5.10 Å². The highest BCUT2D eigenvalue weighted by Gasteiger charge is 2.26. The number of aliphatic hydroxyl groups excluding tert-OH is 1. The highest BCUT2D eigenvalue weighted by Crippen LogP contribution is 2.26. The molecular weight excluding hydrogens is 358 g/mol. The number of allylic oxidation sites excluding steroid dienone is 2. The zero-order valence-corrected chi connectivity index (χ0v) is 16.8. The maximum atomic E-state index is 11.7. The summed E-state index contributed by atoms with van der Waals surface area (Å²) in [6.07, 6.45) is 7.02. The molecule has 5 nitrogen and oxygen atoms in total. The predicted octanol–water partition coefficient (Wildman–Crippen LogP) is 3.94. The van der Waals surface area contributed by atoms with E-state index in [1.807, 2.05) is 25.3 Å². The molecule has 0 atom stereocenters. The van der Waals surface area contributed by atoms with Crippen molar-refractivity contribution < 1.29 is 9.90 Å². The van der Waals surface area contributed by atoms with Crippen LogP contribution in [0.4, 0.5) is 0 Å². The third-order valence-corrected chi connectivity index (χ3v) is 5.16. The van der Waals surface area contributed by atoms with E-state index in [1.54, 1.807) is 15.1 Å². The number of benzene rings is 1. The van der Waals surface area contributed by atoms with Crippen LogP contribution < -0.4 is 0 Å². The molecule has 1 aromatic heterocycles. The van der Waals surface area contributed by atoms with Crippen molar-refractivity contribution in [1.82, 2.24) is 14.1 Å². The Morgan fingerprint density at radius 2 is 2.07 bits per heavy atom. The molecule has 0 unspecified atom stereocenters. The molecule has 0 aliphatic carbocycles. The number of rotatable bonds is 6. The second kappa shape index (κ2) is 10.7. The molecule has 1 aliphatic heterocycles. The van der Waals surface area contributed by atoms with Crippen LogP contribution in [0.3, 0.4) is 0 Å². The average molecular weight is 386 g/mol. The van der Waals surface area contributed by atoms with E-state index in [9.17, 15) is 4.79 Å². The van der Waals surface area contributed by atoms with Gasteiger partial charge in [0.05, 0.1) is 18.8 Å². The standard InChI is InChI=1S/C13H17N3O2S.C8H10/c1-3-11(4-2)19-16-8-10-7-15(9-12(10)14-16)13(18)5-6-17;1-2-8-6-4-3-5-7-8/h3-4,8,17H,1,5-7,9H2,2H3;3-7H,2H2,1H3/b11-4+;. The Balaban J connectivity index is 0.000000273. The molecule has 0 fully saturated rings. The molecule has 3 rings (SSSR count). The summed E-state index contributed by atoms with van der Waals surface area (Å²) in [4.78, 5) is 14.4. The molecule has 1 aliphatic rings. The van der Waals surface area contributed by atoms with Crippen molar-refractivity contribution in [2.75, 3.05) is 6.61 Å². The van der Waals surface area contributed by atoms with Gasteiger partial charge in [-0.3, -0.25) is 4.79 Å². The minimum Gasteiger partial charge on any atom is -0.396 e. The minimum absolute atomic E-state index is 0.0278. The van der Waals surface area contributed by atoms with Crippen LogP contribution in [-0.2, 0) is 24.3 Å². The summed E-state index contributed by atoms with van der Waals surface area (Å²) in [6, 6.07) is 10.5. The van der Waals surface area contributed by atoms with Crippen molar-refractivity contribution in [2.45, 2.75) is 39.8 Å². The summed E-state index contributed by atoms with van der Waals surface area (Å²) in [5, 5.41) is 13.2. The summed E-state index contributed by atoms with van der Waals surface area (Å²) in [7, 11) is 0. The van der Waals surface area contributed by atoms with Gasteiger partial charge < -0.3 is 10.0 Å². The van der Waals surface area contributed by atoms with Crippen molar-refractivity contribution in [1.29, 1.82) is 0 Å². The summed E-state index contributed by atoms with van der Waals surface area (Å²) >= 11 is 1.50. The van der Waals surface area contributed by atoms with Gasteiger partial charge in [-0.15, -0.1) is 0 Å². The first-order valence-corrected chi connectivity index (χ1v) is 9.85. The number of carbonyl (C=O) groups is 1. The molecule has 1 aromatic carbocycles. The molecule has 0 spiro atoms. The second-order valence-electron chi connectivity index (χ2n) is 6.05. The number of hydrogen-bond donors (Lipinski definition) is 1. The fourth-order valence-corrected chi connectivity index (χ4v) is 3.35. The van der Waals surface area contributed by atoms with Crippen molar-refractivity contribution in [3.05, 3.63) is 77.0 Å². The number of aromatic nitrogens is 2. The number of nitrogens with zero attached hydrogens (tertiary/aromatic N) is 3. The molecule has 1 amide bonds. The summed E-state index contributed by atoms with van der Waals surface area (Å²) in [5.41, 5.74) is 3.41. The Morgan fingerprint density at radius 3 is 2.59 bits per heavy atom. The van der Waals surface area contributed by atoms with Crippen molar-refractivity contribution in [3.8, 4) is 0 Å². The maximum Gasteiger partial charge on any atom is 0.225 e. The lowest BCUT2D eigenvalue weighted by Gasteiger charge is -2.14. The van der Waals surface area contributed by atoms with Gasteiger partial charge in [-0.05, 0) is 18.9 Å². The highest BCUT2D eigenvalue weighted by molar-refractivity contribution is 8.01. The van der Waals surface area contributed by atoms with Crippen LogP contribution in [-0.4, -0.2) is 31.7 Å². The Labute approximate surface area is 165 Å². The largest absolute Gasteiger partial charge is 0.396 e. The molecule has 0 saturated carbocycles. The first-order valence-electron chi connectivity index (χ1n) is 9.08. The molecule has 6 heteroatoms. The molecule has 1 N–H and O–H groups in total. The number of aryl methyl sites for hydroxylation is 1. The zero-order valence-electron chi connectivity index (χ0n) is 16.0. The fraction of sp³-hybridized carbons (Fsp3) is 0.333. The van der Waals surface area contributed by atoms with E-state index in [2.05, 4.69) is 42.9 Å². The molecule has 0 radical (unpaired) electrons. The van der Waals surface area contributed by atoms with E-state index in [1.165, 1.54) is 17.5 Å². The van der Waals surface area contributed by atoms with E-state index in [-0.39, 0.29) is 18.9 Å². The van der Waals surface area contributed by atoms with Gasteiger partial charge in [0.2, 0.25) is 5.91 Å². The lowest BCUT2D eigenvalue weighted by molar-refractivity contribution is -0.132. The van der Waals surface area contributed by atoms with Crippen molar-refractivity contribution in [2.24, 2.45) is 0 Å². The van der Waals surface area contributed by atoms with Crippen LogP contribution in [0.5, 0.6) is 0 Å². The maximum absolute atomic E-state index is 11.7. The minimum atomic E-state index is -0.104. The quantitative estimate of drug-likeness (QED) is 0.765. The van der Waals surface area contributed by atoms with Gasteiger partial charge in [0, 0.05) is 41.6 Å². The monoisotopic (exact) mass is 385 g/mol. The Morgan fingerprint density at radius 1 is 1.33 bits per heavy atom. The van der Waals surface area contributed by atoms with E-state index in [4.69, 9.17) is 5.11 Å². The molecule has 0 bridgehead atoms. The first-order chi connectivity index (χ1) is 13.1. The van der Waals surface area contributed by atoms with Gasteiger partial charge >= 0.3 is 0 Å². The number of aliphatic hydroxyl groups is 1. The number of amides is 1.